The first-order valence-corrected chi connectivity index (χ1v) is 8.90. The Morgan fingerprint density at radius 3 is 2.54 bits per heavy atom. The second-order valence-corrected chi connectivity index (χ2v) is 7.09. The number of ether oxygens (including phenoxy) is 1. The number of carbonyl (C=O) groups is 1. The van der Waals surface area contributed by atoms with Crippen molar-refractivity contribution in [3.8, 4) is 0 Å². The number of alkyl halides is 3. The third-order valence-electron chi connectivity index (χ3n) is 4.50. The minimum absolute atomic E-state index is 0.128. The Kier molecular flexibility index (Phi) is 5.34. The van der Waals surface area contributed by atoms with Crippen LogP contribution in [0.5, 0.6) is 0 Å². The molecule has 0 unspecified atom stereocenters. The number of nitrogens with zero attached hydrogens (tertiary/aromatic N) is 2. The number of aryl methyl sites for hydroxylation is 2. The summed E-state index contributed by atoms with van der Waals surface area (Å²) in [4.78, 5) is 16.3. The number of benzene rings is 1. The van der Waals surface area contributed by atoms with Crippen molar-refractivity contribution < 1.29 is 22.7 Å². The molecule has 9 heteroatoms. The molecule has 2 heterocycles. The lowest BCUT2D eigenvalue weighted by Gasteiger charge is -2.10. The number of fused-ring (bicyclic) bond motifs is 1. The third-order valence-corrected chi connectivity index (χ3v) is 5.29. The van der Waals surface area contributed by atoms with Crippen LogP contribution in [0.4, 0.5) is 13.2 Å². The zero-order valence-corrected chi connectivity index (χ0v) is 16.6. The fraction of sp³-hybridized carbons (Fsp3) is 0.263. The van der Waals surface area contributed by atoms with E-state index in [1.54, 1.807) is 13.8 Å². The summed E-state index contributed by atoms with van der Waals surface area (Å²) < 4.78 is 45.5. The highest BCUT2D eigenvalue weighted by Gasteiger charge is 2.32. The molecule has 0 aliphatic carbocycles. The lowest BCUT2D eigenvalue weighted by Crippen LogP contribution is -2.07. The summed E-state index contributed by atoms with van der Waals surface area (Å²) in [6, 6.07) is 4.03. The fourth-order valence-electron chi connectivity index (χ4n) is 2.99. The van der Waals surface area contributed by atoms with Gasteiger partial charge in [0.05, 0.1) is 29.0 Å². The lowest BCUT2D eigenvalue weighted by atomic mass is 10.0. The standard InChI is InChI=1S/C19H15Cl2F3N2O2/c1-9-6-11(19(22,23)24)8-26-10(2)15(25-17(9)26)7-13-14(20)5-4-12(16(13)21)18(27)28-3/h4-6,8H,7H2,1-3H3. The first-order chi connectivity index (χ1) is 13.0. The summed E-state index contributed by atoms with van der Waals surface area (Å²) >= 11 is 12.6. The monoisotopic (exact) mass is 430 g/mol. The maximum Gasteiger partial charge on any atom is 0.417 e. The van der Waals surface area contributed by atoms with Crippen LogP contribution in [0.2, 0.25) is 10.0 Å². The summed E-state index contributed by atoms with van der Waals surface area (Å²) in [5.74, 6) is -0.611. The van der Waals surface area contributed by atoms with Gasteiger partial charge >= 0.3 is 12.1 Å². The Bertz CT molecular complexity index is 1090. The number of hydrogen-bond donors (Lipinski definition) is 0. The van der Waals surface area contributed by atoms with Crippen LogP contribution in [0.3, 0.4) is 0 Å². The normalized spacial score (nSPS) is 11.9. The van der Waals surface area contributed by atoms with Gasteiger partial charge in [-0.1, -0.05) is 23.2 Å². The number of pyridine rings is 1. The third kappa shape index (κ3) is 3.56. The second-order valence-electron chi connectivity index (χ2n) is 6.30. The second kappa shape index (κ2) is 7.29. The molecule has 0 aliphatic rings. The molecular weight excluding hydrogens is 416 g/mol. The maximum atomic E-state index is 13.1. The number of hydrogen-bond acceptors (Lipinski definition) is 3. The number of esters is 1. The highest BCUT2D eigenvalue weighted by molar-refractivity contribution is 6.38. The zero-order valence-electron chi connectivity index (χ0n) is 15.1. The van der Waals surface area contributed by atoms with Crippen molar-refractivity contribution in [3.05, 3.63) is 68.1 Å². The average Bonchev–Trinajstić information content (AvgIpc) is 2.94. The summed E-state index contributed by atoms with van der Waals surface area (Å²) in [6.45, 7) is 3.24. The van der Waals surface area contributed by atoms with Crippen LogP contribution in [0.25, 0.3) is 5.65 Å². The van der Waals surface area contributed by atoms with Crippen LogP contribution in [0, 0.1) is 13.8 Å². The van der Waals surface area contributed by atoms with Crippen LogP contribution in [-0.2, 0) is 17.3 Å². The van der Waals surface area contributed by atoms with Gasteiger partial charge in [0, 0.05) is 23.3 Å². The highest BCUT2D eigenvalue weighted by atomic mass is 35.5. The average molecular weight is 431 g/mol. The van der Waals surface area contributed by atoms with Crippen molar-refractivity contribution in [3.63, 3.8) is 0 Å². The molecule has 0 fully saturated rings. The molecule has 0 aliphatic heterocycles. The van der Waals surface area contributed by atoms with E-state index >= 15 is 0 Å². The Hall–Kier alpha value is -2.25. The molecule has 0 amide bonds. The Morgan fingerprint density at radius 1 is 1.25 bits per heavy atom. The van der Waals surface area contributed by atoms with Crippen molar-refractivity contribution >= 4 is 34.8 Å². The number of rotatable bonds is 3. The molecule has 1 aromatic carbocycles. The molecule has 3 rings (SSSR count). The van der Waals surface area contributed by atoms with E-state index in [1.807, 2.05) is 0 Å². The summed E-state index contributed by atoms with van der Waals surface area (Å²) in [6.07, 6.45) is -3.30. The molecule has 0 saturated carbocycles. The van der Waals surface area contributed by atoms with E-state index < -0.39 is 17.7 Å². The lowest BCUT2D eigenvalue weighted by molar-refractivity contribution is -0.137. The Labute approximate surface area is 168 Å². The number of halogens is 5. The molecule has 0 spiro atoms. The smallest absolute Gasteiger partial charge is 0.417 e. The van der Waals surface area contributed by atoms with Gasteiger partial charge in [-0.25, -0.2) is 9.78 Å². The van der Waals surface area contributed by atoms with Crippen LogP contribution >= 0.6 is 23.2 Å². The van der Waals surface area contributed by atoms with Crippen molar-refractivity contribution in [2.24, 2.45) is 0 Å². The van der Waals surface area contributed by atoms with Gasteiger partial charge in [-0.05, 0) is 43.2 Å². The van der Waals surface area contributed by atoms with E-state index in [2.05, 4.69) is 4.98 Å². The van der Waals surface area contributed by atoms with Gasteiger partial charge in [0.1, 0.15) is 5.65 Å². The largest absolute Gasteiger partial charge is 0.465 e. The van der Waals surface area contributed by atoms with Gasteiger partial charge in [0.15, 0.2) is 0 Å². The van der Waals surface area contributed by atoms with Gasteiger partial charge in [-0.3, -0.25) is 0 Å². The predicted octanol–water partition coefficient (Wildman–Crippen LogP) is 5.65. The van der Waals surface area contributed by atoms with Crippen molar-refractivity contribution in [2.75, 3.05) is 7.11 Å². The van der Waals surface area contributed by atoms with E-state index in [9.17, 15) is 18.0 Å². The van der Waals surface area contributed by atoms with Gasteiger partial charge in [-0.2, -0.15) is 13.2 Å². The van der Waals surface area contributed by atoms with Crippen molar-refractivity contribution in [1.82, 2.24) is 9.38 Å². The summed E-state index contributed by atoms with van der Waals surface area (Å²) in [5, 5.41) is 0.449. The SMILES string of the molecule is COC(=O)c1ccc(Cl)c(Cc2nc3c(C)cc(C(F)(F)F)cn3c2C)c1Cl. The number of carbonyl (C=O) groups excluding carboxylic acids is 1. The zero-order chi connectivity index (χ0) is 20.8. The first-order valence-electron chi connectivity index (χ1n) is 8.15. The molecule has 0 saturated heterocycles. The first kappa shape index (κ1) is 20.5. The molecule has 0 radical (unpaired) electrons. The molecular formula is C19H15Cl2F3N2O2. The van der Waals surface area contributed by atoms with E-state index in [0.29, 0.717) is 33.2 Å². The molecule has 0 N–H and O–H groups in total. The van der Waals surface area contributed by atoms with Crippen LogP contribution in [0.15, 0.2) is 24.4 Å². The van der Waals surface area contributed by atoms with Crippen molar-refractivity contribution in [1.29, 1.82) is 0 Å². The highest BCUT2D eigenvalue weighted by Crippen LogP contribution is 2.34. The van der Waals surface area contributed by atoms with E-state index in [1.165, 1.54) is 23.6 Å². The van der Waals surface area contributed by atoms with Crippen LogP contribution in [-0.4, -0.2) is 22.5 Å². The van der Waals surface area contributed by atoms with Gasteiger partial charge in [0.25, 0.3) is 0 Å². The molecule has 4 nitrogen and oxygen atoms in total. The molecule has 3 aromatic rings. The predicted molar refractivity (Wildman–Crippen MR) is 100 cm³/mol. The van der Waals surface area contributed by atoms with E-state index in [-0.39, 0.29) is 17.0 Å². The van der Waals surface area contributed by atoms with E-state index in [0.717, 1.165) is 12.3 Å². The minimum Gasteiger partial charge on any atom is -0.465 e. The van der Waals surface area contributed by atoms with Gasteiger partial charge < -0.3 is 9.14 Å². The molecule has 0 atom stereocenters. The van der Waals surface area contributed by atoms with Gasteiger partial charge in [-0.15, -0.1) is 0 Å². The molecule has 148 valence electrons. The van der Waals surface area contributed by atoms with Crippen LogP contribution in [0.1, 0.15) is 38.4 Å². The van der Waals surface area contributed by atoms with Crippen LogP contribution < -0.4 is 0 Å². The summed E-state index contributed by atoms with van der Waals surface area (Å²) in [5.41, 5.74) is 1.69. The molecule has 28 heavy (non-hydrogen) atoms. The number of aromatic nitrogens is 2. The Morgan fingerprint density at radius 2 is 1.93 bits per heavy atom. The molecule has 0 bridgehead atoms. The van der Waals surface area contributed by atoms with Crippen molar-refractivity contribution in [2.45, 2.75) is 26.4 Å². The Balaban J connectivity index is 2.13. The summed E-state index contributed by atoms with van der Waals surface area (Å²) in [7, 11) is 1.24. The number of imidazole rings is 1. The van der Waals surface area contributed by atoms with E-state index in [4.69, 9.17) is 27.9 Å². The van der Waals surface area contributed by atoms with Gasteiger partial charge in [0.2, 0.25) is 0 Å². The maximum absolute atomic E-state index is 13.1. The minimum atomic E-state index is -4.46. The number of methoxy groups -OCH3 is 1. The fourth-order valence-corrected chi connectivity index (χ4v) is 3.57. The quantitative estimate of drug-likeness (QED) is 0.503. The molecule has 2 aromatic heterocycles. The topological polar surface area (TPSA) is 43.6 Å².